The largest absolute Gasteiger partial charge is 1.00 e. The quantitative estimate of drug-likeness (QED) is 0.353. The SMILES string of the molecule is O=S(=O)([O-])CCCCNCc1ccsc1.[Li+]. The second kappa shape index (κ2) is 8.29. The van der Waals surface area contributed by atoms with E-state index in [9.17, 15) is 13.0 Å². The minimum absolute atomic E-state index is 0. The van der Waals surface area contributed by atoms with Gasteiger partial charge in [-0.3, -0.25) is 0 Å². The van der Waals surface area contributed by atoms with Gasteiger partial charge in [-0.1, -0.05) is 0 Å². The fourth-order valence-corrected chi connectivity index (χ4v) is 2.38. The van der Waals surface area contributed by atoms with Gasteiger partial charge in [0.15, 0.2) is 0 Å². The van der Waals surface area contributed by atoms with Gasteiger partial charge in [-0.2, -0.15) is 11.3 Å². The van der Waals surface area contributed by atoms with Crippen LogP contribution in [0, 0.1) is 0 Å². The number of hydrogen-bond donors (Lipinski definition) is 1. The van der Waals surface area contributed by atoms with Crippen molar-refractivity contribution in [2.45, 2.75) is 19.4 Å². The maximum absolute atomic E-state index is 10.3. The van der Waals surface area contributed by atoms with Crippen molar-refractivity contribution in [1.29, 1.82) is 0 Å². The molecule has 0 saturated carbocycles. The summed E-state index contributed by atoms with van der Waals surface area (Å²) in [5.74, 6) is -0.257. The molecule has 7 heteroatoms. The van der Waals surface area contributed by atoms with Crippen molar-refractivity contribution in [2.24, 2.45) is 0 Å². The van der Waals surface area contributed by atoms with Crippen LogP contribution in [0.5, 0.6) is 0 Å². The predicted octanol–water partition coefficient (Wildman–Crippen LogP) is -1.83. The van der Waals surface area contributed by atoms with Crippen LogP contribution in [0.1, 0.15) is 18.4 Å². The summed E-state index contributed by atoms with van der Waals surface area (Å²) in [5.41, 5.74) is 1.23. The van der Waals surface area contributed by atoms with Crippen molar-refractivity contribution < 1.29 is 31.8 Å². The Kier molecular flexibility index (Phi) is 8.37. The van der Waals surface area contributed by atoms with Gasteiger partial charge in [0.1, 0.15) is 0 Å². The number of unbranched alkanes of at least 4 members (excludes halogenated alkanes) is 1. The molecule has 1 N–H and O–H groups in total. The van der Waals surface area contributed by atoms with E-state index in [1.54, 1.807) is 11.3 Å². The van der Waals surface area contributed by atoms with Gasteiger partial charge in [0.25, 0.3) is 0 Å². The van der Waals surface area contributed by atoms with Crippen LogP contribution in [0.2, 0.25) is 0 Å². The molecule has 0 aliphatic heterocycles. The zero-order valence-corrected chi connectivity index (χ0v) is 10.9. The van der Waals surface area contributed by atoms with E-state index in [1.165, 1.54) is 5.56 Å². The minimum Gasteiger partial charge on any atom is -0.748 e. The summed E-state index contributed by atoms with van der Waals surface area (Å²) in [6, 6.07) is 2.04. The molecule has 16 heavy (non-hydrogen) atoms. The first-order valence-corrected chi connectivity index (χ1v) is 7.25. The van der Waals surface area contributed by atoms with Crippen molar-refractivity contribution in [3.05, 3.63) is 22.4 Å². The first-order chi connectivity index (χ1) is 7.08. The Balaban J connectivity index is 0.00000225. The summed E-state index contributed by atoms with van der Waals surface area (Å²) >= 11 is 1.65. The zero-order chi connectivity index (χ0) is 11.1. The van der Waals surface area contributed by atoms with Crippen LogP contribution in [0.3, 0.4) is 0 Å². The van der Waals surface area contributed by atoms with Gasteiger partial charge < -0.3 is 9.87 Å². The molecular weight excluding hydrogens is 241 g/mol. The van der Waals surface area contributed by atoms with E-state index in [-0.39, 0.29) is 24.6 Å². The topological polar surface area (TPSA) is 69.2 Å². The molecule has 86 valence electrons. The van der Waals surface area contributed by atoms with Crippen LogP contribution in [-0.2, 0) is 16.7 Å². The second-order valence-corrected chi connectivity index (χ2v) is 5.58. The molecule has 0 radical (unpaired) electrons. The minimum atomic E-state index is -4.03. The van der Waals surface area contributed by atoms with Crippen molar-refractivity contribution in [3.8, 4) is 0 Å². The second-order valence-electron chi connectivity index (χ2n) is 3.28. The van der Waals surface area contributed by atoms with E-state index in [0.29, 0.717) is 12.8 Å². The van der Waals surface area contributed by atoms with Crippen LogP contribution >= 0.6 is 11.3 Å². The molecule has 0 aliphatic rings. The van der Waals surface area contributed by atoms with Crippen molar-refractivity contribution >= 4 is 21.5 Å². The van der Waals surface area contributed by atoms with Crippen LogP contribution in [0.4, 0.5) is 0 Å². The van der Waals surface area contributed by atoms with E-state index in [1.807, 2.05) is 11.4 Å². The molecule has 4 nitrogen and oxygen atoms in total. The average Bonchev–Trinajstić information content (AvgIpc) is 2.61. The fraction of sp³-hybridized carbons (Fsp3) is 0.556. The predicted molar refractivity (Wildman–Crippen MR) is 59.8 cm³/mol. The van der Waals surface area contributed by atoms with E-state index >= 15 is 0 Å². The molecule has 1 rings (SSSR count). The summed E-state index contributed by atoms with van der Waals surface area (Å²) in [4.78, 5) is 0. The van der Waals surface area contributed by atoms with Crippen LogP contribution in [0.15, 0.2) is 16.8 Å². The van der Waals surface area contributed by atoms with Crippen LogP contribution in [0.25, 0.3) is 0 Å². The molecule has 0 spiro atoms. The third-order valence-electron chi connectivity index (χ3n) is 1.91. The molecule has 0 atom stereocenters. The molecule has 0 amide bonds. The Hall–Kier alpha value is 0.167. The number of thiophene rings is 1. The molecule has 1 aromatic rings. The fourth-order valence-electron chi connectivity index (χ4n) is 1.15. The molecule has 0 unspecified atom stereocenters. The smallest absolute Gasteiger partial charge is 0.748 e. The van der Waals surface area contributed by atoms with Gasteiger partial charge in [-0.15, -0.1) is 0 Å². The normalized spacial score (nSPS) is 11.1. The van der Waals surface area contributed by atoms with Crippen molar-refractivity contribution in [3.63, 3.8) is 0 Å². The monoisotopic (exact) mass is 255 g/mol. The van der Waals surface area contributed by atoms with Gasteiger partial charge in [0.05, 0.1) is 10.1 Å². The van der Waals surface area contributed by atoms with Gasteiger partial charge in [-0.05, 0) is 41.8 Å². The third kappa shape index (κ3) is 8.33. The van der Waals surface area contributed by atoms with E-state index in [0.717, 1.165) is 13.1 Å². The molecular formula is C9H14LiNO3S2. The summed E-state index contributed by atoms with van der Waals surface area (Å²) in [7, 11) is -4.03. The molecule has 1 aromatic heterocycles. The van der Waals surface area contributed by atoms with E-state index in [2.05, 4.69) is 10.7 Å². The Bertz CT molecular complexity index is 364. The van der Waals surface area contributed by atoms with Crippen molar-refractivity contribution in [2.75, 3.05) is 12.3 Å². The molecule has 0 fully saturated rings. The van der Waals surface area contributed by atoms with Crippen molar-refractivity contribution in [1.82, 2.24) is 5.32 Å². The van der Waals surface area contributed by atoms with Gasteiger partial charge in [0, 0.05) is 12.3 Å². The van der Waals surface area contributed by atoms with E-state index < -0.39 is 10.1 Å². The Morgan fingerprint density at radius 1 is 1.38 bits per heavy atom. The van der Waals surface area contributed by atoms with Gasteiger partial charge >= 0.3 is 18.9 Å². The summed E-state index contributed by atoms with van der Waals surface area (Å²) < 4.78 is 30.8. The van der Waals surface area contributed by atoms with E-state index in [4.69, 9.17) is 0 Å². The number of hydrogen-bond acceptors (Lipinski definition) is 5. The first kappa shape index (κ1) is 16.2. The Labute approximate surface area is 112 Å². The number of nitrogens with one attached hydrogen (secondary N) is 1. The average molecular weight is 255 g/mol. The summed E-state index contributed by atoms with van der Waals surface area (Å²) in [6.07, 6.45) is 1.15. The van der Waals surface area contributed by atoms with Crippen LogP contribution in [-0.4, -0.2) is 25.3 Å². The van der Waals surface area contributed by atoms with Gasteiger partial charge in [0.2, 0.25) is 0 Å². The summed E-state index contributed by atoms with van der Waals surface area (Å²) in [5, 5.41) is 7.26. The van der Waals surface area contributed by atoms with Crippen LogP contribution < -0.4 is 24.2 Å². The van der Waals surface area contributed by atoms with Gasteiger partial charge in [-0.25, -0.2) is 8.42 Å². The molecule has 0 aliphatic carbocycles. The molecule has 1 heterocycles. The summed E-state index contributed by atoms with van der Waals surface area (Å²) in [6.45, 7) is 1.54. The maximum Gasteiger partial charge on any atom is 1.00 e. The standard InChI is InChI=1S/C9H15NO3S2.Li/c11-15(12,13)6-2-1-4-10-7-9-3-5-14-8-9;/h3,5,8,10H,1-2,4,6-7H2,(H,11,12,13);/q;+1/p-1. The number of rotatable bonds is 7. The third-order valence-corrected chi connectivity index (χ3v) is 3.43. The molecule has 0 saturated heterocycles. The molecule has 0 aromatic carbocycles. The Morgan fingerprint density at radius 3 is 2.69 bits per heavy atom. The molecule has 0 bridgehead atoms. The first-order valence-electron chi connectivity index (χ1n) is 4.73. The maximum atomic E-state index is 10.3. The Morgan fingerprint density at radius 2 is 2.12 bits per heavy atom. The zero-order valence-electron chi connectivity index (χ0n) is 9.31.